The van der Waals surface area contributed by atoms with Crippen LogP contribution >= 0.6 is 0 Å². The molecule has 0 saturated heterocycles. The van der Waals surface area contributed by atoms with E-state index in [2.05, 4.69) is 22.6 Å². The van der Waals surface area contributed by atoms with Gasteiger partial charge in [0.1, 0.15) is 0 Å². The van der Waals surface area contributed by atoms with E-state index in [0.29, 0.717) is 6.10 Å². The fourth-order valence-electron chi connectivity index (χ4n) is 1.27. The van der Waals surface area contributed by atoms with Gasteiger partial charge >= 0.3 is 0 Å². The van der Waals surface area contributed by atoms with E-state index in [1.54, 1.807) is 0 Å². The summed E-state index contributed by atoms with van der Waals surface area (Å²) in [5.41, 5.74) is 0. The molecule has 1 nitrogen and oxygen atoms in total. The number of ether oxygens (including phenoxy) is 1. The van der Waals surface area contributed by atoms with E-state index in [0.717, 1.165) is 3.92 Å². The molecule has 1 fully saturated rings. The minimum Gasteiger partial charge on any atom is -0.381 e. The molecule has 0 heterocycles. The maximum Gasteiger partial charge on any atom is 0.255 e. The molecule has 2 heteroatoms. The molecule has 1 aliphatic rings. The largest absolute Gasteiger partial charge is 0.381 e. The van der Waals surface area contributed by atoms with Gasteiger partial charge in [0, 0.05) is 7.11 Å². The van der Waals surface area contributed by atoms with Crippen LogP contribution in [0.5, 0.6) is 0 Å². The van der Waals surface area contributed by atoms with Gasteiger partial charge in [-0.05, 0) is 25.7 Å². The number of rotatable bonds is 1. The van der Waals surface area contributed by atoms with Gasteiger partial charge in [0.2, 0.25) is 0 Å². The van der Waals surface area contributed by atoms with Crippen molar-refractivity contribution in [3.05, 3.63) is 0 Å². The topological polar surface area (TPSA) is 9.23 Å². The molecule has 54 valence electrons. The van der Waals surface area contributed by atoms with E-state index in [1.165, 1.54) is 25.7 Å². The first-order chi connectivity index (χ1) is 4.33. The summed E-state index contributed by atoms with van der Waals surface area (Å²) in [4.78, 5) is 0. The third kappa shape index (κ3) is 2.42. The molecular formula is C7H14IO+. The summed E-state index contributed by atoms with van der Waals surface area (Å²) in [6, 6.07) is 0. The zero-order valence-corrected chi connectivity index (χ0v) is 8.13. The third-order valence-corrected chi connectivity index (χ3v) is 3.30. The Morgan fingerprint density at radius 1 is 1.22 bits per heavy atom. The molecule has 0 aromatic carbocycles. The van der Waals surface area contributed by atoms with Gasteiger partial charge in [-0.1, -0.05) is 0 Å². The molecule has 0 spiro atoms. The minimum atomic E-state index is 0.572. The maximum atomic E-state index is 5.24. The SMILES string of the molecule is COC1CCC([IH+])CC1. The summed E-state index contributed by atoms with van der Waals surface area (Å²) in [5, 5.41) is 0. The minimum absolute atomic E-state index is 0.572. The summed E-state index contributed by atoms with van der Waals surface area (Å²) >= 11 is 2.26. The van der Waals surface area contributed by atoms with Crippen LogP contribution in [-0.2, 0) is 4.74 Å². The zero-order chi connectivity index (χ0) is 6.69. The van der Waals surface area contributed by atoms with Crippen LogP contribution in [0, 0.1) is 0 Å². The lowest BCUT2D eigenvalue weighted by Crippen LogP contribution is -3.39. The van der Waals surface area contributed by atoms with Crippen LogP contribution in [0.15, 0.2) is 0 Å². The van der Waals surface area contributed by atoms with Crippen molar-refractivity contribution < 1.29 is 27.3 Å². The first-order valence-electron chi connectivity index (χ1n) is 3.51. The van der Waals surface area contributed by atoms with E-state index in [1.807, 2.05) is 7.11 Å². The van der Waals surface area contributed by atoms with Crippen molar-refractivity contribution in [1.29, 1.82) is 0 Å². The Labute approximate surface area is 70.3 Å². The average Bonchev–Trinajstić information content (AvgIpc) is 1.90. The zero-order valence-electron chi connectivity index (χ0n) is 5.80. The Balaban J connectivity index is 2.18. The van der Waals surface area contributed by atoms with Gasteiger partial charge in [0.05, 0.1) is 6.10 Å². The molecule has 1 aliphatic carbocycles. The van der Waals surface area contributed by atoms with Crippen LogP contribution in [0.3, 0.4) is 0 Å². The smallest absolute Gasteiger partial charge is 0.255 e. The number of methoxy groups -OCH3 is 1. The van der Waals surface area contributed by atoms with Crippen molar-refractivity contribution in [2.45, 2.75) is 35.7 Å². The monoisotopic (exact) mass is 241 g/mol. The Morgan fingerprint density at radius 2 is 1.78 bits per heavy atom. The number of halogens is 1. The molecule has 0 amide bonds. The highest BCUT2D eigenvalue weighted by molar-refractivity contribution is 4.69. The fourth-order valence-corrected chi connectivity index (χ4v) is 2.04. The first kappa shape index (κ1) is 7.79. The van der Waals surface area contributed by atoms with Crippen molar-refractivity contribution in [3.8, 4) is 0 Å². The Kier molecular flexibility index (Phi) is 3.26. The Hall–Kier alpha value is 0.690. The molecule has 0 aromatic heterocycles. The van der Waals surface area contributed by atoms with E-state index in [-0.39, 0.29) is 0 Å². The van der Waals surface area contributed by atoms with Gasteiger partial charge in [-0.2, -0.15) is 0 Å². The predicted molar refractivity (Wildman–Crippen MR) is 34.4 cm³/mol. The molecule has 0 unspecified atom stereocenters. The summed E-state index contributed by atoms with van der Waals surface area (Å²) < 4.78 is 6.19. The molecule has 0 N–H and O–H groups in total. The van der Waals surface area contributed by atoms with Gasteiger partial charge in [-0.15, -0.1) is 0 Å². The average molecular weight is 241 g/mol. The van der Waals surface area contributed by atoms with Crippen molar-refractivity contribution in [1.82, 2.24) is 0 Å². The molecule has 1 saturated carbocycles. The second kappa shape index (κ2) is 3.76. The summed E-state index contributed by atoms with van der Waals surface area (Å²) in [7, 11) is 1.82. The van der Waals surface area contributed by atoms with Gasteiger partial charge in [0.15, 0.2) is 3.92 Å². The molecule has 9 heavy (non-hydrogen) atoms. The van der Waals surface area contributed by atoms with E-state index < -0.39 is 0 Å². The summed E-state index contributed by atoms with van der Waals surface area (Å²) in [6.07, 6.45) is 5.86. The number of hydrogen-bond acceptors (Lipinski definition) is 1. The quantitative estimate of drug-likeness (QED) is 0.390. The standard InChI is InChI=1S/C7H14IO/c1-9-7-4-2-6(8)3-5-7/h6-8H,2-5H2,1H3/q+1. The fraction of sp³-hybridized carbons (Fsp3) is 1.00. The lowest BCUT2D eigenvalue weighted by molar-refractivity contribution is -0.427. The van der Waals surface area contributed by atoms with E-state index in [4.69, 9.17) is 4.74 Å². The summed E-state index contributed by atoms with van der Waals surface area (Å²) in [6.45, 7) is 0. The van der Waals surface area contributed by atoms with E-state index in [9.17, 15) is 0 Å². The predicted octanol–water partition coefficient (Wildman–Crippen LogP) is -1.77. The second-order valence-corrected chi connectivity index (χ2v) is 4.54. The molecule has 0 bridgehead atoms. The van der Waals surface area contributed by atoms with Crippen molar-refractivity contribution in [3.63, 3.8) is 0 Å². The number of alkyl halides is 1. The lowest BCUT2D eigenvalue weighted by atomic mass is 9.98. The number of hydrogen-bond donors (Lipinski definition) is 0. The molecule has 0 atom stereocenters. The van der Waals surface area contributed by atoms with Crippen LogP contribution in [-0.4, -0.2) is 17.1 Å². The van der Waals surface area contributed by atoms with Crippen molar-refractivity contribution in [2.24, 2.45) is 0 Å². The van der Waals surface area contributed by atoms with Crippen LogP contribution in [0.2, 0.25) is 0 Å². The highest BCUT2D eigenvalue weighted by Crippen LogP contribution is 2.17. The van der Waals surface area contributed by atoms with Gasteiger partial charge in [-0.3, -0.25) is 0 Å². The maximum absolute atomic E-state index is 5.24. The van der Waals surface area contributed by atoms with Gasteiger partial charge in [0.25, 0.3) is 22.6 Å². The van der Waals surface area contributed by atoms with E-state index >= 15 is 0 Å². The molecule has 0 radical (unpaired) electrons. The van der Waals surface area contributed by atoms with Crippen LogP contribution in [0.4, 0.5) is 0 Å². The van der Waals surface area contributed by atoms with Crippen LogP contribution in [0.1, 0.15) is 25.7 Å². The van der Waals surface area contributed by atoms with Gasteiger partial charge in [-0.25, -0.2) is 0 Å². The van der Waals surface area contributed by atoms with Crippen LogP contribution in [0.25, 0.3) is 0 Å². The molecule has 1 rings (SSSR count). The van der Waals surface area contributed by atoms with Crippen molar-refractivity contribution >= 4 is 0 Å². The van der Waals surface area contributed by atoms with Crippen molar-refractivity contribution in [2.75, 3.05) is 7.11 Å². The third-order valence-electron chi connectivity index (χ3n) is 1.95. The second-order valence-electron chi connectivity index (χ2n) is 2.63. The summed E-state index contributed by atoms with van der Waals surface area (Å²) in [5.74, 6) is 0. The normalized spacial score (nSPS) is 36.7. The highest BCUT2D eigenvalue weighted by atomic mass is 127. The Bertz CT molecular complexity index is 77.0. The first-order valence-corrected chi connectivity index (χ1v) is 4.86. The highest BCUT2D eigenvalue weighted by Gasteiger charge is 2.22. The molecular weight excluding hydrogens is 227 g/mol. The Morgan fingerprint density at radius 3 is 2.22 bits per heavy atom. The van der Waals surface area contributed by atoms with Crippen LogP contribution < -0.4 is 22.6 Å². The lowest BCUT2D eigenvalue weighted by Gasteiger charge is -2.20. The molecule has 0 aromatic rings. The van der Waals surface area contributed by atoms with Gasteiger partial charge < -0.3 is 4.74 Å². The molecule has 0 aliphatic heterocycles.